The number of furan rings is 1. The fraction of sp³-hybridized carbons (Fsp3) is 0.588. The Bertz CT molecular complexity index is 572. The van der Waals surface area contributed by atoms with E-state index in [0.29, 0.717) is 6.04 Å². The van der Waals surface area contributed by atoms with Gasteiger partial charge >= 0.3 is 0 Å². The van der Waals surface area contributed by atoms with Gasteiger partial charge in [0, 0.05) is 18.2 Å². The van der Waals surface area contributed by atoms with Crippen molar-refractivity contribution in [3.63, 3.8) is 0 Å². The zero-order valence-electron chi connectivity index (χ0n) is 13.0. The molecule has 2 aromatic heterocycles. The van der Waals surface area contributed by atoms with E-state index in [-0.39, 0.29) is 0 Å². The molecule has 2 unspecified atom stereocenters. The molecule has 3 rings (SSSR count). The summed E-state index contributed by atoms with van der Waals surface area (Å²) in [4.78, 5) is 0. The summed E-state index contributed by atoms with van der Waals surface area (Å²) in [5.41, 5.74) is 2.18. The van der Waals surface area contributed by atoms with E-state index >= 15 is 0 Å². The number of nitrogens with one attached hydrogen (secondary N) is 2. The quantitative estimate of drug-likeness (QED) is 0.835. The van der Waals surface area contributed by atoms with E-state index in [1.807, 2.05) is 25.3 Å². The number of rotatable bonds is 4. The zero-order valence-corrected chi connectivity index (χ0v) is 13.0. The second kappa shape index (κ2) is 6.48. The number of H-pyrrole nitrogens is 1. The third kappa shape index (κ3) is 3.38. The fourth-order valence-electron chi connectivity index (χ4n) is 3.26. The van der Waals surface area contributed by atoms with Crippen LogP contribution in [0.4, 0.5) is 0 Å². The maximum atomic E-state index is 5.70. The van der Waals surface area contributed by atoms with Gasteiger partial charge in [-0.25, -0.2) is 0 Å². The van der Waals surface area contributed by atoms with Crippen LogP contribution in [0.3, 0.4) is 0 Å². The van der Waals surface area contributed by atoms with E-state index in [1.54, 1.807) is 0 Å². The van der Waals surface area contributed by atoms with Crippen LogP contribution in [-0.2, 0) is 6.54 Å². The van der Waals surface area contributed by atoms with Gasteiger partial charge in [-0.2, -0.15) is 5.10 Å². The van der Waals surface area contributed by atoms with Gasteiger partial charge in [0.1, 0.15) is 11.5 Å². The monoisotopic (exact) mass is 287 g/mol. The molecule has 4 heteroatoms. The first kappa shape index (κ1) is 14.4. The second-order valence-electron chi connectivity index (χ2n) is 6.28. The van der Waals surface area contributed by atoms with Gasteiger partial charge < -0.3 is 9.73 Å². The fourth-order valence-corrected chi connectivity index (χ4v) is 3.26. The minimum atomic E-state index is 0.619. The number of hydrogen-bond acceptors (Lipinski definition) is 3. The van der Waals surface area contributed by atoms with Gasteiger partial charge in [0.15, 0.2) is 5.76 Å². The molecular weight excluding hydrogens is 262 g/mol. The highest BCUT2D eigenvalue weighted by Gasteiger charge is 2.20. The Morgan fingerprint density at radius 1 is 1.29 bits per heavy atom. The predicted octanol–water partition coefficient (Wildman–Crippen LogP) is 4.04. The van der Waals surface area contributed by atoms with Crippen molar-refractivity contribution in [1.29, 1.82) is 0 Å². The van der Waals surface area contributed by atoms with Crippen LogP contribution in [-0.4, -0.2) is 16.2 Å². The maximum absolute atomic E-state index is 5.70. The van der Waals surface area contributed by atoms with Gasteiger partial charge in [-0.15, -0.1) is 0 Å². The molecule has 0 radical (unpaired) electrons. The van der Waals surface area contributed by atoms with Crippen molar-refractivity contribution in [2.75, 3.05) is 0 Å². The molecule has 1 fully saturated rings. The topological polar surface area (TPSA) is 53.9 Å². The van der Waals surface area contributed by atoms with E-state index in [1.165, 1.54) is 37.7 Å². The van der Waals surface area contributed by atoms with E-state index < -0.39 is 0 Å². The molecule has 0 saturated heterocycles. The van der Waals surface area contributed by atoms with Crippen LogP contribution in [0, 0.1) is 12.8 Å². The standard InChI is InChI=1S/C17H25N3O/c1-12-6-4-3-5-7-15(12)18-10-14-11-19-20-17(14)16-9-8-13(2)21-16/h8-9,11-12,15,18H,3-7,10H2,1-2H3,(H,19,20). The number of nitrogens with zero attached hydrogens (tertiary/aromatic N) is 1. The van der Waals surface area contributed by atoms with Crippen LogP contribution in [0.25, 0.3) is 11.5 Å². The van der Waals surface area contributed by atoms with Crippen molar-refractivity contribution in [2.24, 2.45) is 5.92 Å². The van der Waals surface area contributed by atoms with Gasteiger partial charge in [0.25, 0.3) is 0 Å². The highest BCUT2D eigenvalue weighted by Crippen LogP contribution is 2.26. The summed E-state index contributed by atoms with van der Waals surface area (Å²) in [5, 5.41) is 11.0. The number of aromatic amines is 1. The predicted molar refractivity (Wildman–Crippen MR) is 83.9 cm³/mol. The highest BCUT2D eigenvalue weighted by molar-refractivity contribution is 5.56. The van der Waals surface area contributed by atoms with Crippen molar-refractivity contribution in [3.05, 3.63) is 29.7 Å². The average Bonchev–Trinajstić information content (AvgIpc) is 3.05. The first-order valence-electron chi connectivity index (χ1n) is 8.06. The molecule has 2 atom stereocenters. The molecule has 114 valence electrons. The molecule has 0 spiro atoms. The van der Waals surface area contributed by atoms with E-state index in [4.69, 9.17) is 4.42 Å². The third-order valence-electron chi connectivity index (χ3n) is 4.62. The summed E-state index contributed by atoms with van der Waals surface area (Å²) in [6.45, 7) is 5.18. The van der Waals surface area contributed by atoms with Crippen LogP contribution in [0.15, 0.2) is 22.7 Å². The van der Waals surface area contributed by atoms with Gasteiger partial charge in [-0.3, -0.25) is 5.10 Å². The Hall–Kier alpha value is -1.55. The Labute approximate surface area is 126 Å². The lowest BCUT2D eigenvalue weighted by Crippen LogP contribution is -2.33. The lowest BCUT2D eigenvalue weighted by Gasteiger charge is -2.22. The van der Waals surface area contributed by atoms with E-state index in [9.17, 15) is 0 Å². The third-order valence-corrected chi connectivity index (χ3v) is 4.62. The summed E-state index contributed by atoms with van der Waals surface area (Å²) >= 11 is 0. The summed E-state index contributed by atoms with van der Waals surface area (Å²) in [7, 11) is 0. The molecule has 1 saturated carbocycles. The van der Waals surface area contributed by atoms with Crippen molar-refractivity contribution >= 4 is 0 Å². The molecular formula is C17H25N3O. The lowest BCUT2D eigenvalue weighted by atomic mass is 9.97. The molecule has 4 nitrogen and oxygen atoms in total. The van der Waals surface area contributed by atoms with E-state index in [0.717, 1.165) is 29.7 Å². The highest BCUT2D eigenvalue weighted by atomic mass is 16.3. The molecule has 1 aliphatic rings. The normalized spacial score (nSPS) is 23.1. The number of aromatic nitrogens is 2. The summed E-state index contributed by atoms with van der Waals surface area (Å²) in [6.07, 6.45) is 8.63. The van der Waals surface area contributed by atoms with Gasteiger partial charge in [0.05, 0.1) is 6.20 Å². The maximum Gasteiger partial charge on any atom is 0.152 e. The van der Waals surface area contributed by atoms with Crippen LogP contribution >= 0.6 is 0 Å². The second-order valence-corrected chi connectivity index (χ2v) is 6.28. The SMILES string of the molecule is Cc1ccc(-c2[nH]ncc2CNC2CCCCCC2C)o1. The molecule has 0 aliphatic heterocycles. The molecule has 2 N–H and O–H groups in total. The van der Waals surface area contributed by atoms with Crippen molar-refractivity contribution in [3.8, 4) is 11.5 Å². The first-order chi connectivity index (χ1) is 10.2. The number of hydrogen-bond donors (Lipinski definition) is 2. The van der Waals surface area contributed by atoms with Gasteiger partial charge in [0.2, 0.25) is 0 Å². The molecule has 1 aliphatic carbocycles. The van der Waals surface area contributed by atoms with Crippen LogP contribution in [0.2, 0.25) is 0 Å². The van der Waals surface area contributed by atoms with Crippen LogP contribution in [0.1, 0.15) is 50.4 Å². The summed E-state index contributed by atoms with van der Waals surface area (Å²) < 4.78 is 5.70. The Morgan fingerprint density at radius 3 is 2.95 bits per heavy atom. The summed E-state index contributed by atoms with van der Waals surface area (Å²) in [5.74, 6) is 2.56. The van der Waals surface area contributed by atoms with Crippen molar-refractivity contribution in [2.45, 2.75) is 58.5 Å². The van der Waals surface area contributed by atoms with Crippen molar-refractivity contribution in [1.82, 2.24) is 15.5 Å². The van der Waals surface area contributed by atoms with Gasteiger partial charge in [-0.1, -0.05) is 26.2 Å². The van der Waals surface area contributed by atoms with Crippen LogP contribution < -0.4 is 5.32 Å². The molecule has 2 aromatic rings. The molecule has 2 heterocycles. The molecule has 0 bridgehead atoms. The molecule has 0 aromatic carbocycles. The Balaban J connectivity index is 1.67. The number of aryl methyl sites for hydroxylation is 1. The molecule has 21 heavy (non-hydrogen) atoms. The smallest absolute Gasteiger partial charge is 0.152 e. The van der Waals surface area contributed by atoms with E-state index in [2.05, 4.69) is 22.4 Å². The first-order valence-corrected chi connectivity index (χ1v) is 8.06. The van der Waals surface area contributed by atoms with Crippen molar-refractivity contribution < 1.29 is 4.42 Å². The summed E-state index contributed by atoms with van der Waals surface area (Å²) in [6, 6.07) is 4.61. The minimum absolute atomic E-state index is 0.619. The zero-order chi connectivity index (χ0) is 14.7. The van der Waals surface area contributed by atoms with Crippen LogP contribution in [0.5, 0.6) is 0 Å². The Morgan fingerprint density at radius 2 is 2.14 bits per heavy atom. The largest absolute Gasteiger partial charge is 0.460 e. The lowest BCUT2D eigenvalue weighted by molar-refractivity contribution is 0.356. The minimum Gasteiger partial charge on any atom is -0.460 e. The Kier molecular flexibility index (Phi) is 4.44. The average molecular weight is 287 g/mol. The molecule has 0 amide bonds. The van der Waals surface area contributed by atoms with Gasteiger partial charge in [-0.05, 0) is 37.8 Å².